The highest BCUT2D eigenvalue weighted by Crippen LogP contribution is 2.21. The Labute approximate surface area is 97.3 Å². The monoisotopic (exact) mass is 233 g/mol. The summed E-state index contributed by atoms with van der Waals surface area (Å²) in [6.45, 7) is 1.81. The van der Waals surface area contributed by atoms with E-state index in [1.165, 1.54) is 6.07 Å². The molecule has 2 N–H and O–H groups in total. The number of nitrogens with zero attached hydrogens (tertiary/aromatic N) is 2. The van der Waals surface area contributed by atoms with Crippen LogP contribution in [0.5, 0.6) is 0 Å². The SMILES string of the molecule is CNc1nc(C(=O)O)cc(-c2ccc(C)o2)n1. The van der Waals surface area contributed by atoms with E-state index in [1.54, 1.807) is 19.2 Å². The van der Waals surface area contributed by atoms with Gasteiger partial charge in [-0.25, -0.2) is 14.8 Å². The van der Waals surface area contributed by atoms with Crippen molar-refractivity contribution in [2.24, 2.45) is 0 Å². The van der Waals surface area contributed by atoms with E-state index in [0.717, 1.165) is 5.76 Å². The molecule has 0 fully saturated rings. The van der Waals surface area contributed by atoms with Crippen molar-refractivity contribution in [3.63, 3.8) is 0 Å². The largest absolute Gasteiger partial charge is 0.477 e. The molecule has 2 rings (SSSR count). The average Bonchev–Trinajstić information content (AvgIpc) is 2.75. The minimum atomic E-state index is -1.10. The second-order valence-electron chi connectivity index (χ2n) is 3.43. The number of aromatic carboxylic acids is 1. The van der Waals surface area contributed by atoms with Gasteiger partial charge in [-0.15, -0.1) is 0 Å². The quantitative estimate of drug-likeness (QED) is 0.840. The molecule has 0 aromatic carbocycles. The lowest BCUT2D eigenvalue weighted by molar-refractivity contribution is 0.0690. The van der Waals surface area contributed by atoms with Crippen LogP contribution in [0.1, 0.15) is 16.2 Å². The number of carboxylic acids is 1. The lowest BCUT2D eigenvalue weighted by Crippen LogP contribution is -2.06. The van der Waals surface area contributed by atoms with Gasteiger partial charge in [0.1, 0.15) is 11.5 Å². The van der Waals surface area contributed by atoms with Crippen LogP contribution in [-0.4, -0.2) is 28.1 Å². The normalized spacial score (nSPS) is 10.2. The number of hydrogen-bond acceptors (Lipinski definition) is 5. The molecule has 2 aromatic rings. The van der Waals surface area contributed by atoms with Gasteiger partial charge >= 0.3 is 5.97 Å². The first-order valence-electron chi connectivity index (χ1n) is 4.97. The number of hydrogen-bond donors (Lipinski definition) is 2. The van der Waals surface area contributed by atoms with Crippen LogP contribution in [0.2, 0.25) is 0 Å². The zero-order chi connectivity index (χ0) is 12.4. The number of carboxylic acid groups (broad SMARTS) is 1. The van der Waals surface area contributed by atoms with E-state index < -0.39 is 5.97 Å². The number of aryl methyl sites for hydroxylation is 1. The fourth-order valence-corrected chi connectivity index (χ4v) is 1.37. The van der Waals surface area contributed by atoms with Crippen molar-refractivity contribution in [1.82, 2.24) is 9.97 Å². The Balaban J connectivity index is 2.53. The zero-order valence-electron chi connectivity index (χ0n) is 9.39. The van der Waals surface area contributed by atoms with Gasteiger partial charge in [0.15, 0.2) is 11.5 Å². The summed E-state index contributed by atoms with van der Waals surface area (Å²) in [4.78, 5) is 18.9. The van der Waals surface area contributed by atoms with Gasteiger partial charge in [-0.2, -0.15) is 0 Å². The first-order valence-corrected chi connectivity index (χ1v) is 4.97. The van der Waals surface area contributed by atoms with Crippen molar-refractivity contribution in [3.05, 3.63) is 29.7 Å². The molecule has 0 aliphatic heterocycles. The van der Waals surface area contributed by atoms with Crippen LogP contribution in [-0.2, 0) is 0 Å². The van der Waals surface area contributed by atoms with E-state index >= 15 is 0 Å². The molecule has 0 bridgehead atoms. The third-order valence-corrected chi connectivity index (χ3v) is 2.16. The molecule has 0 spiro atoms. The van der Waals surface area contributed by atoms with E-state index in [1.807, 2.05) is 6.92 Å². The number of rotatable bonds is 3. The maximum atomic E-state index is 10.9. The molecule has 88 valence electrons. The van der Waals surface area contributed by atoms with E-state index in [4.69, 9.17) is 9.52 Å². The molecule has 0 unspecified atom stereocenters. The molecule has 2 aromatic heterocycles. The summed E-state index contributed by atoms with van der Waals surface area (Å²) in [5, 5.41) is 11.6. The summed E-state index contributed by atoms with van der Waals surface area (Å²) in [6.07, 6.45) is 0. The van der Waals surface area contributed by atoms with Crippen LogP contribution in [0.3, 0.4) is 0 Å². The van der Waals surface area contributed by atoms with E-state index in [9.17, 15) is 4.79 Å². The van der Waals surface area contributed by atoms with Crippen molar-refractivity contribution < 1.29 is 14.3 Å². The summed E-state index contributed by atoms with van der Waals surface area (Å²) in [5.41, 5.74) is 0.364. The van der Waals surface area contributed by atoms with Crippen LogP contribution < -0.4 is 5.32 Å². The molecule has 0 aliphatic carbocycles. The maximum Gasteiger partial charge on any atom is 0.354 e. The second kappa shape index (κ2) is 4.25. The first-order chi connectivity index (χ1) is 8.10. The standard InChI is InChI=1S/C11H11N3O3/c1-6-3-4-9(17-6)7-5-8(10(15)16)14-11(12-2)13-7/h3-5H,1-2H3,(H,15,16)(H,12,13,14). The highest BCUT2D eigenvalue weighted by Gasteiger charge is 2.12. The molecule has 6 heteroatoms. The lowest BCUT2D eigenvalue weighted by atomic mass is 10.2. The van der Waals surface area contributed by atoms with Crippen LogP contribution >= 0.6 is 0 Å². The Hall–Kier alpha value is -2.37. The second-order valence-corrected chi connectivity index (χ2v) is 3.43. The third-order valence-electron chi connectivity index (χ3n) is 2.16. The Morgan fingerprint density at radius 3 is 2.71 bits per heavy atom. The Morgan fingerprint density at radius 2 is 2.18 bits per heavy atom. The molecule has 6 nitrogen and oxygen atoms in total. The van der Waals surface area contributed by atoms with Crippen LogP contribution in [0.25, 0.3) is 11.5 Å². The number of nitrogens with one attached hydrogen (secondary N) is 1. The fraction of sp³-hybridized carbons (Fsp3) is 0.182. The highest BCUT2D eigenvalue weighted by atomic mass is 16.4. The summed E-state index contributed by atoms with van der Waals surface area (Å²) >= 11 is 0. The molecule has 0 saturated heterocycles. The third kappa shape index (κ3) is 2.25. The van der Waals surface area contributed by atoms with Crippen LogP contribution in [0.15, 0.2) is 22.6 Å². The molecule has 0 aliphatic rings. The maximum absolute atomic E-state index is 10.9. The topological polar surface area (TPSA) is 88.2 Å². The molecule has 0 saturated carbocycles. The predicted molar refractivity (Wildman–Crippen MR) is 61.0 cm³/mol. The van der Waals surface area contributed by atoms with Gasteiger partial charge in [-0.3, -0.25) is 0 Å². The summed E-state index contributed by atoms with van der Waals surface area (Å²) in [5.74, 6) is 0.396. The van der Waals surface area contributed by atoms with Crippen molar-refractivity contribution in [2.45, 2.75) is 6.92 Å². The smallest absolute Gasteiger partial charge is 0.354 e. The van der Waals surface area contributed by atoms with Gasteiger partial charge in [-0.05, 0) is 19.1 Å². The molecular weight excluding hydrogens is 222 g/mol. The van der Waals surface area contributed by atoms with E-state index in [0.29, 0.717) is 11.5 Å². The van der Waals surface area contributed by atoms with Crippen LogP contribution in [0.4, 0.5) is 5.95 Å². The minimum Gasteiger partial charge on any atom is -0.477 e. The predicted octanol–water partition coefficient (Wildman–Crippen LogP) is 1.78. The summed E-state index contributed by atoms with van der Waals surface area (Å²) < 4.78 is 5.39. The van der Waals surface area contributed by atoms with Crippen molar-refractivity contribution in [3.8, 4) is 11.5 Å². The van der Waals surface area contributed by atoms with Crippen molar-refractivity contribution in [1.29, 1.82) is 0 Å². The lowest BCUT2D eigenvalue weighted by Gasteiger charge is -2.03. The highest BCUT2D eigenvalue weighted by molar-refractivity contribution is 5.86. The number of aromatic nitrogens is 2. The van der Waals surface area contributed by atoms with Crippen LogP contribution in [0, 0.1) is 6.92 Å². The van der Waals surface area contributed by atoms with Crippen molar-refractivity contribution >= 4 is 11.9 Å². The van der Waals surface area contributed by atoms with Gasteiger partial charge in [0, 0.05) is 13.1 Å². The Morgan fingerprint density at radius 1 is 1.41 bits per heavy atom. The van der Waals surface area contributed by atoms with Gasteiger partial charge in [-0.1, -0.05) is 0 Å². The molecule has 2 heterocycles. The first kappa shape index (κ1) is 11.1. The number of furan rings is 1. The summed E-state index contributed by atoms with van der Waals surface area (Å²) in [7, 11) is 1.62. The van der Waals surface area contributed by atoms with Gasteiger partial charge in [0.2, 0.25) is 5.95 Å². The van der Waals surface area contributed by atoms with Gasteiger partial charge < -0.3 is 14.8 Å². The Kier molecular flexibility index (Phi) is 2.78. The minimum absolute atomic E-state index is 0.0756. The molecule has 0 atom stereocenters. The zero-order valence-corrected chi connectivity index (χ0v) is 9.39. The molecular formula is C11H11N3O3. The number of carbonyl (C=O) groups is 1. The van der Waals surface area contributed by atoms with Gasteiger partial charge in [0.25, 0.3) is 0 Å². The fourth-order valence-electron chi connectivity index (χ4n) is 1.37. The van der Waals surface area contributed by atoms with E-state index in [-0.39, 0.29) is 11.6 Å². The summed E-state index contributed by atoms with van der Waals surface area (Å²) in [6, 6.07) is 4.90. The van der Waals surface area contributed by atoms with Crippen molar-refractivity contribution in [2.75, 3.05) is 12.4 Å². The molecule has 0 amide bonds. The number of anilines is 1. The Bertz CT molecular complexity index is 563. The van der Waals surface area contributed by atoms with E-state index in [2.05, 4.69) is 15.3 Å². The molecule has 17 heavy (non-hydrogen) atoms. The molecule has 0 radical (unpaired) electrons. The average molecular weight is 233 g/mol. The van der Waals surface area contributed by atoms with Gasteiger partial charge in [0.05, 0.1) is 0 Å².